The van der Waals surface area contributed by atoms with Crippen LogP contribution in [0.1, 0.15) is 25.7 Å². The average Bonchev–Trinajstić information content (AvgIpc) is 3.07. The van der Waals surface area contributed by atoms with Gasteiger partial charge >= 0.3 is 0 Å². The Morgan fingerprint density at radius 2 is 2.26 bits per heavy atom. The molecule has 2 N–H and O–H groups in total. The van der Waals surface area contributed by atoms with Crippen LogP contribution in [0.3, 0.4) is 0 Å². The standard InChI is InChI=1S/C14H17N3OS/c18-14(9-19-12-3-1-2-4-12)16-11-6-5-10-8-15-17-13(10)7-11/h5-8,12H,1-4,9H2,(H,15,17)(H,16,18). The predicted molar refractivity (Wildman–Crippen MR) is 79.4 cm³/mol. The average molecular weight is 275 g/mol. The second-order valence-electron chi connectivity index (χ2n) is 4.94. The number of carbonyl (C=O) groups excluding carboxylic acids is 1. The zero-order valence-electron chi connectivity index (χ0n) is 10.7. The van der Waals surface area contributed by atoms with Crippen molar-refractivity contribution < 1.29 is 4.79 Å². The molecule has 0 aliphatic heterocycles. The van der Waals surface area contributed by atoms with Gasteiger partial charge in [0.05, 0.1) is 17.5 Å². The number of hydrogen-bond donors (Lipinski definition) is 2. The van der Waals surface area contributed by atoms with Crippen LogP contribution in [-0.2, 0) is 4.79 Å². The highest BCUT2D eigenvalue weighted by Crippen LogP contribution is 2.29. The minimum atomic E-state index is 0.0794. The van der Waals surface area contributed by atoms with Gasteiger partial charge in [-0.2, -0.15) is 5.10 Å². The Morgan fingerprint density at radius 1 is 1.42 bits per heavy atom. The summed E-state index contributed by atoms with van der Waals surface area (Å²) < 4.78 is 0. The molecule has 5 heteroatoms. The molecule has 19 heavy (non-hydrogen) atoms. The van der Waals surface area contributed by atoms with E-state index in [9.17, 15) is 4.79 Å². The van der Waals surface area contributed by atoms with Gasteiger partial charge in [0.1, 0.15) is 0 Å². The summed E-state index contributed by atoms with van der Waals surface area (Å²) in [6.45, 7) is 0. The Kier molecular flexibility index (Phi) is 3.73. The van der Waals surface area contributed by atoms with Crippen molar-refractivity contribution in [3.63, 3.8) is 0 Å². The van der Waals surface area contributed by atoms with Gasteiger partial charge in [-0.15, -0.1) is 11.8 Å². The molecule has 4 nitrogen and oxygen atoms in total. The van der Waals surface area contributed by atoms with Crippen LogP contribution in [0.2, 0.25) is 0 Å². The van der Waals surface area contributed by atoms with E-state index in [0.717, 1.165) is 16.6 Å². The van der Waals surface area contributed by atoms with Crippen molar-refractivity contribution in [3.05, 3.63) is 24.4 Å². The van der Waals surface area contributed by atoms with Gasteiger partial charge in [-0.25, -0.2) is 0 Å². The first-order chi connectivity index (χ1) is 9.31. The molecule has 0 spiro atoms. The minimum Gasteiger partial charge on any atom is -0.325 e. The number of benzene rings is 1. The smallest absolute Gasteiger partial charge is 0.234 e. The Morgan fingerprint density at radius 3 is 3.11 bits per heavy atom. The molecule has 1 fully saturated rings. The van der Waals surface area contributed by atoms with Gasteiger partial charge in [0, 0.05) is 16.3 Å². The Balaban J connectivity index is 1.55. The number of hydrogen-bond acceptors (Lipinski definition) is 3. The zero-order valence-corrected chi connectivity index (χ0v) is 11.5. The second kappa shape index (κ2) is 5.65. The molecule has 1 saturated carbocycles. The predicted octanol–water partition coefficient (Wildman–Crippen LogP) is 3.18. The summed E-state index contributed by atoms with van der Waals surface area (Å²) in [6, 6.07) is 5.79. The van der Waals surface area contributed by atoms with E-state index in [-0.39, 0.29) is 5.91 Å². The third-order valence-electron chi connectivity index (χ3n) is 3.48. The number of aromatic amines is 1. The molecule has 1 aliphatic rings. The molecule has 1 amide bonds. The Hall–Kier alpha value is -1.49. The first kappa shape index (κ1) is 12.5. The summed E-state index contributed by atoms with van der Waals surface area (Å²) in [5.74, 6) is 0.627. The van der Waals surface area contributed by atoms with Crippen LogP contribution in [0.25, 0.3) is 10.9 Å². The lowest BCUT2D eigenvalue weighted by Gasteiger charge is -2.09. The maximum absolute atomic E-state index is 11.9. The van der Waals surface area contributed by atoms with Gasteiger partial charge in [-0.05, 0) is 31.0 Å². The molecular weight excluding hydrogens is 258 g/mol. The van der Waals surface area contributed by atoms with Gasteiger partial charge in [0.15, 0.2) is 0 Å². The van der Waals surface area contributed by atoms with Crippen molar-refractivity contribution in [2.45, 2.75) is 30.9 Å². The lowest BCUT2D eigenvalue weighted by Crippen LogP contribution is -2.15. The highest BCUT2D eigenvalue weighted by Gasteiger charge is 2.16. The Bertz CT molecular complexity index is 575. The molecule has 0 atom stereocenters. The van der Waals surface area contributed by atoms with E-state index >= 15 is 0 Å². The number of nitrogens with zero attached hydrogens (tertiary/aromatic N) is 1. The van der Waals surface area contributed by atoms with Crippen LogP contribution in [0.15, 0.2) is 24.4 Å². The van der Waals surface area contributed by atoms with Crippen LogP contribution < -0.4 is 5.32 Å². The van der Waals surface area contributed by atoms with Crippen LogP contribution >= 0.6 is 11.8 Å². The highest BCUT2D eigenvalue weighted by molar-refractivity contribution is 8.00. The van der Waals surface area contributed by atoms with Crippen molar-refractivity contribution in [1.29, 1.82) is 0 Å². The van der Waals surface area contributed by atoms with Crippen LogP contribution in [0.4, 0.5) is 5.69 Å². The van der Waals surface area contributed by atoms with Crippen molar-refractivity contribution in [1.82, 2.24) is 10.2 Å². The maximum atomic E-state index is 11.9. The summed E-state index contributed by atoms with van der Waals surface area (Å²) in [4.78, 5) is 11.9. The molecule has 0 radical (unpaired) electrons. The van der Waals surface area contributed by atoms with E-state index in [1.54, 1.807) is 18.0 Å². The normalized spacial score (nSPS) is 16.0. The number of thioether (sulfide) groups is 1. The number of H-pyrrole nitrogens is 1. The third kappa shape index (κ3) is 3.10. The van der Waals surface area contributed by atoms with Gasteiger partial charge in [0.25, 0.3) is 0 Å². The molecule has 1 aliphatic carbocycles. The number of aromatic nitrogens is 2. The zero-order chi connectivity index (χ0) is 13.1. The lowest BCUT2D eigenvalue weighted by atomic mass is 10.2. The molecular formula is C14H17N3OS. The van der Waals surface area contributed by atoms with E-state index in [1.807, 2.05) is 18.2 Å². The van der Waals surface area contributed by atoms with E-state index in [1.165, 1.54) is 25.7 Å². The van der Waals surface area contributed by atoms with Gasteiger partial charge in [-0.1, -0.05) is 12.8 Å². The summed E-state index contributed by atoms with van der Waals surface area (Å²) >= 11 is 1.78. The maximum Gasteiger partial charge on any atom is 0.234 e. The van der Waals surface area contributed by atoms with E-state index in [2.05, 4.69) is 15.5 Å². The molecule has 3 rings (SSSR count). The fourth-order valence-corrected chi connectivity index (χ4v) is 3.59. The lowest BCUT2D eigenvalue weighted by molar-refractivity contribution is -0.113. The van der Waals surface area contributed by atoms with Gasteiger partial charge in [-0.3, -0.25) is 9.89 Å². The molecule has 1 heterocycles. The van der Waals surface area contributed by atoms with Crippen LogP contribution in [0.5, 0.6) is 0 Å². The monoisotopic (exact) mass is 275 g/mol. The van der Waals surface area contributed by atoms with E-state index in [4.69, 9.17) is 0 Å². The number of anilines is 1. The fraction of sp³-hybridized carbons (Fsp3) is 0.429. The van der Waals surface area contributed by atoms with Crippen LogP contribution in [-0.4, -0.2) is 27.1 Å². The Labute approximate surface area is 116 Å². The number of nitrogens with one attached hydrogen (secondary N) is 2. The molecule has 1 aromatic carbocycles. The summed E-state index contributed by atoms with van der Waals surface area (Å²) in [6.07, 6.45) is 6.93. The van der Waals surface area contributed by atoms with Crippen LogP contribution in [0, 0.1) is 0 Å². The summed E-state index contributed by atoms with van der Waals surface area (Å²) in [5.41, 5.74) is 1.77. The fourth-order valence-electron chi connectivity index (χ4n) is 2.46. The van der Waals surface area contributed by atoms with Crippen molar-refractivity contribution in [2.75, 3.05) is 11.1 Å². The number of carbonyl (C=O) groups is 1. The molecule has 0 bridgehead atoms. The number of amides is 1. The van der Waals surface area contributed by atoms with Crippen molar-refractivity contribution >= 4 is 34.3 Å². The SMILES string of the molecule is O=C(CSC1CCCC1)Nc1ccc2cn[nH]c2c1. The second-order valence-corrected chi connectivity index (χ2v) is 6.23. The van der Waals surface area contributed by atoms with E-state index in [0.29, 0.717) is 11.0 Å². The van der Waals surface area contributed by atoms with Gasteiger partial charge in [0.2, 0.25) is 5.91 Å². The molecule has 0 saturated heterocycles. The first-order valence-corrected chi connectivity index (χ1v) is 7.71. The molecule has 0 unspecified atom stereocenters. The van der Waals surface area contributed by atoms with Gasteiger partial charge < -0.3 is 5.32 Å². The largest absolute Gasteiger partial charge is 0.325 e. The third-order valence-corrected chi connectivity index (χ3v) is 4.85. The van der Waals surface area contributed by atoms with E-state index < -0.39 is 0 Å². The van der Waals surface area contributed by atoms with Crippen molar-refractivity contribution in [3.8, 4) is 0 Å². The number of fused-ring (bicyclic) bond motifs is 1. The molecule has 2 aromatic rings. The quantitative estimate of drug-likeness (QED) is 0.901. The summed E-state index contributed by atoms with van der Waals surface area (Å²) in [7, 11) is 0. The molecule has 1 aromatic heterocycles. The summed E-state index contributed by atoms with van der Waals surface area (Å²) in [5, 5.41) is 11.5. The topological polar surface area (TPSA) is 57.8 Å². The first-order valence-electron chi connectivity index (χ1n) is 6.66. The minimum absolute atomic E-state index is 0.0794. The van der Waals surface area contributed by atoms with Crippen molar-refractivity contribution in [2.24, 2.45) is 0 Å². The molecule has 100 valence electrons. The highest BCUT2D eigenvalue weighted by atomic mass is 32.2. The number of rotatable bonds is 4.